The molecule has 0 fully saturated rings. The van der Waals surface area contributed by atoms with Crippen LogP contribution in [-0.4, -0.2) is 19.9 Å². The molecule has 6 heteroatoms. The number of rotatable bonds is 3. The molecule has 2 N–H and O–H groups in total. The van der Waals surface area contributed by atoms with Gasteiger partial charge >= 0.3 is 0 Å². The number of hydrogen-bond donors (Lipinski definition) is 2. The van der Waals surface area contributed by atoms with Crippen molar-refractivity contribution in [1.82, 2.24) is 14.8 Å². The standard InChI is InChI=1S/C16H15FN4O/c1-10-6-14(22)8-15(11(10)2)19-16-18-9-21(20-16)13-5-3-4-12(17)7-13/h3-9,22H,1-2H3,(H,19,20). The molecule has 112 valence electrons. The van der Waals surface area contributed by atoms with Crippen LogP contribution in [0, 0.1) is 19.7 Å². The summed E-state index contributed by atoms with van der Waals surface area (Å²) in [7, 11) is 0. The summed E-state index contributed by atoms with van der Waals surface area (Å²) in [5.74, 6) is 0.217. The molecule has 0 spiro atoms. The fraction of sp³-hybridized carbons (Fsp3) is 0.125. The lowest BCUT2D eigenvalue weighted by Crippen LogP contribution is -1.99. The number of benzene rings is 2. The van der Waals surface area contributed by atoms with Gasteiger partial charge in [-0.3, -0.25) is 0 Å². The van der Waals surface area contributed by atoms with Gasteiger partial charge in [-0.05, 0) is 49.2 Å². The highest BCUT2D eigenvalue weighted by Gasteiger charge is 2.08. The van der Waals surface area contributed by atoms with Gasteiger partial charge in [0.15, 0.2) is 0 Å². The molecule has 0 bridgehead atoms. The summed E-state index contributed by atoms with van der Waals surface area (Å²) in [6.07, 6.45) is 1.50. The zero-order valence-electron chi connectivity index (χ0n) is 12.2. The van der Waals surface area contributed by atoms with Gasteiger partial charge in [-0.25, -0.2) is 9.07 Å². The molecule has 0 radical (unpaired) electrons. The van der Waals surface area contributed by atoms with Crippen LogP contribution in [0.4, 0.5) is 16.0 Å². The predicted octanol–water partition coefficient (Wildman–Crippen LogP) is 3.47. The van der Waals surface area contributed by atoms with E-state index in [0.29, 0.717) is 11.6 Å². The van der Waals surface area contributed by atoms with Crippen molar-refractivity contribution < 1.29 is 9.50 Å². The Kier molecular flexibility index (Phi) is 3.50. The van der Waals surface area contributed by atoms with Gasteiger partial charge in [0.1, 0.15) is 17.9 Å². The highest BCUT2D eigenvalue weighted by atomic mass is 19.1. The number of aromatic nitrogens is 3. The Hall–Kier alpha value is -2.89. The van der Waals surface area contributed by atoms with Crippen molar-refractivity contribution in [3.8, 4) is 11.4 Å². The van der Waals surface area contributed by atoms with Crippen molar-refractivity contribution in [2.24, 2.45) is 0 Å². The van der Waals surface area contributed by atoms with Crippen molar-refractivity contribution in [3.05, 3.63) is 59.7 Å². The van der Waals surface area contributed by atoms with Crippen LogP contribution in [0.25, 0.3) is 5.69 Å². The van der Waals surface area contributed by atoms with E-state index in [0.717, 1.165) is 16.8 Å². The summed E-state index contributed by atoms with van der Waals surface area (Å²) in [5.41, 5.74) is 3.28. The van der Waals surface area contributed by atoms with E-state index in [4.69, 9.17) is 0 Å². The van der Waals surface area contributed by atoms with Gasteiger partial charge in [0.25, 0.3) is 0 Å². The third-order valence-electron chi connectivity index (χ3n) is 3.46. The van der Waals surface area contributed by atoms with Crippen LogP contribution in [0.3, 0.4) is 0 Å². The van der Waals surface area contributed by atoms with Crippen molar-refractivity contribution >= 4 is 11.6 Å². The molecule has 0 saturated heterocycles. The van der Waals surface area contributed by atoms with Crippen molar-refractivity contribution in [1.29, 1.82) is 0 Å². The van der Waals surface area contributed by atoms with Gasteiger partial charge in [0, 0.05) is 11.8 Å². The Bertz CT molecular complexity index is 829. The molecule has 1 aromatic heterocycles. The minimum Gasteiger partial charge on any atom is -0.508 e. The average molecular weight is 298 g/mol. The molecule has 0 saturated carbocycles. The lowest BCUT2D eigenvalue weighted by atomic mass is 10.1. The van der Waals surface area contributed by atoms with E-state index in [2.05, 4.69) is 15.4 Å². The first-order valence-electron chi connectivity index (χ1n) is 6.78. The first-order chi connectivity index (χ1) is 10.5. The number of hydrogen-bond acceptors (Lipinski definition) is 4. The fourth-order valence-corrected chi connectivity index (χ4v) is 2.15. The third-order valence-corrected chi connectivity index (χ3v) is 3.46. The normalized spacial score (nSPS) is 10.7. The Labute approximate surface area is 127 Å². The van der Waals surface area contributed by atoms with Crippen LogP contribution in [0.1, 0.15) is 11.1 Å². The van der Waals surface area contributed by atoms with Gasteiger partial charge in [-0.1, -0.05) is 6.07 Å². The first kappa shape index (κ1) is 14.1. The van der Waals surface area contributed by atoms with Crippen molar-refractivity contribution in [2.45, 2.75) is 13.8 Å². The van der Waals surface area contributed by atoms with E-state index < -0.39 is 0 Å². The maximum absolute atomic E-state index is 13.2. The largest absolute Gasteiger partial charge is 0.508 e. The Morgan fingerprint density at radius 2 is 2.00 bits per heavy atom. The van der Waals surface area contributed by atoms with Crippen LogP contribution in [0.5, 0.6) is 5.75 Å². The molecule has 1 heterocycles. The third kappa shape index (κ3) is 2.76. The number of anilines is 2. The van der Waals surface area contributed by atoms with Gasteiger partial charge in [0.05, 0.1) is 5.69 Å². The Morgan fingerprint density at radius 1 is 1.18 bits per heavy atom. The molecule has 0 aliphatic heterocycles. The molecular weight excluding hydrogens is 283 g/mol. The Morgan fingerprint density at radius 3 is 2.77 bits per heavy atom. The number of phenols is 1. The van der Waals surface area contributed by atoms with Crippen LogP contribution < -0.4 is 5.32 Å². The lowest BCUT2D eigenvalue weighted by Gasteiger charge is -2.09. The highest BCUT2D eigenvalue weighted by Crippen LogP contribution is 2.26. The fourth-order valence-electron chi connectivity index (χ4n) is 2.15. The summed E-state index contributed by atoms with van der Waals surface area (Å²) in [5, 5.41) is 17.0. The maximum atomic E-state index is 13.2. The minimum absolute atomic E-state index is 0.176. The number of aryl methyl sites for hydroxylation is 1. The van der Waals surface area contributed by atoms with E-state index in [-0.39, 0.29) is 11.6 Å². The minimum atomic E-state index is -0.332. The van der Waals surface area contributed by atoms with Crippen LogP contribution in [-0.2, 0) is 0 Å². The quantitative estimate of drug-likeness (QED) is 0.777. The number of halogens is 1. The number of phenolic OH excluding ortho intramolecular Hbond substituents is 1. The zero-order valence-corrected chi connectivity index (χ0v) is 12.2. The van der Waals surface area contributed by atoms with E-state index >= 15 is 0 Å². The molecule has 0 aliphatic carbocycles. The van der Waals surface area contributed by atoms with Gasteiger partial charge in [-0.2, -0.15) is 4.98 Å². The molecule has 0 amide bonds. The van der Waals surface area contributed by atoms with E-state index in [1.54, 1.807) is 24.3 Å². The Balaban J connectivity index is 1.89. The molecular formula is C16H15FN4O. The summed E-state index contributed by atoms with van der Waals surface area (Å²) in [6.45, 7) is 3.86. The van der Waals surface area contributed by atoms with E-state index in [1.807, 2.05) is 13.8 Å². The molecule has 2 aromatic carbocycles. The molecule has 22 heavy (non-hydrogen) atoms. The predicted molar refractivity (Wildman–Crippen MR) is 82.2 cm³/mol. The lowest BCUT2D eigenvalue weighted by molar-refractivity contribution is 0.475. The van der Waals surface area contributed by atoms with Gasteiger partial charge in [0.2, 0.25) is 5.95 Å². The maximum Gasteiger partial charge on any atom is 0.246 e. The molecule has 3 rings (SSSR count). The summed E-state index contributed by atoms with van der Waals surface area (Å²) in [4.78, 5) is 4.15. The van der Waals surface area contributed by atoms with Crippen LogP contribution in [0.2, 0.25) is 0 Å². The van der Waals surface area contributed by atoms with Gasteiger partial charge in [-0.15, -0.1) is 5.10 Å². The van der Waals surface area contributed by atoms with Crippen molar-refractivity contribution in [2.75, 3.05) is 5.32 Å². The SMILES string of the molecule is Cc1cc(O)cc(Nc2ncn(-c3cccc(F)c3)n2)c1C. The topological polar surface area (TPSA) is 63.0 Å². The second-order valence-electron chi connectivity index (χ2n) is 5.05. The van der Waals surface area contributed by atoms with E-state index in [9.17, 15) is 9.50 Å². The monoisotopic (exact) mass is 298 g/mol. The summed E-state index contributed by atoms with van der Waals surface area (Å²) >= 11 is 0. The number of nitrogens with one attached hydrogen (secondary N) is 1. The smallest absolute Gasteiger partial charge is 0.246 e. The second kappa shape index (κ2) is 5.48. The summed E-state index contributed by atoms with van der Waals surface area (Å²) < 4.78 is 14.7. The number of aromatic hydroxyl groups is 1. The highest BCUT2D eigenvalue weighted by molar-refractivity contribution is 5.62. The zero-order chi connectivity index (χ0) is 15.7. The van der Waals surface area contributed by atoms with Crippen molar-refractivity contribution in [3.63, 3.8) is 0 Å². The molecule has 0 atom stereocenters. The van der Waals surface area contributed by atoms with Crippen LogP contribution in [0.15, 0.2) is 42.7 Å². The van der Waals surface area contributed by atoms with Crippen LogP contribution >= 0.6 is 0 Å². The second-order valence-corrected chi connectivity index (χ2v) is 5.05. The van der Waals surface area contributed by atoms with E-state index in [1.165, 1.54) is 23.1 Å². The van der Waals surface area contributed by atoms with Gasteiger partial charge < -0.3 is 10.4 Å². The average Bonchev–Trinajstić information content (AvgIpc) is 2.93. The summed E-state index contributed by atoms with van der Waals surface area (Å²) in [6, 6.07) is 9.42. The first-order valence-corrected chi connectivity index (χ1v) is 6.78. The molecule has 3 aromatic rings. The molecule has 5 nitrogen and oxygen atoms in total. The molecule has 0 unspecified atom stereocenters. The number of nitrogens with zero attached hydrogens (tertiary/aromatic N) is 3. The molecule has 0 aliphatic rings.